The Hall–Kier alpha value is -3.48. The summed E-state index contributed by atoms with van der Waals surface area (Å²) in [7, 11) is 0. The summed E-state index contributed by atoms with van der Waals surface area (Å²) in [4.78, 5) is 39.1. The second-order valence-electron chi connectivity index (χ2n) is 7.48. The van der Waals surface area contributed by atoms with Gasteiger partial charge in [0.05, 0.1) is 12.2 Å². The SMILES string of the molecule is CC[C@@H](C)NC(=O)c1nn(-c2cccc(C)c2)c(=O)n(Cc2ccccc2C)c1=O. The highest BCUT2D eigenvalue weighted by molar-refractivity contribution is 5.91. The summed E-state index contributed by atoms with van der Waals surface area (Å²) in [6.07, 6.45) is 0.709. The third-order valence-corrected chi connectivity index (χ3v) is 5.10. The molecule has 1 aromatic heterocycles. The highest BCUT2D eigenvalue weighted by Gasteiger charge is 2.21. The van der Waals surface area contributed by atoms with Crippen molar-refractivity contribution in [2.75, 3.05) is 0 Å². The van der Waals surface area contributed by atoms with E-state index in [2.05, 4.69) is 10.4 Å². The zero-order valence-electron chi connectivity index (χ0n) is 17.7. The summed E-state index contributed by atoms with van der Waals surface area (Å²) < 4.78 is 2.20. The van der Waals surface area contributed by atoms with Crippen LogP contribution in [-0.4, -0.2) is 26.3 Å². The molecule has 0 aliphatic carbocycles. The summed E-state index contributed by atoms with van der Waals surface area (Å²) in [5.41, 5.74) is 1.62. The van der Waals surface area contributed by atoms with E-state index in [0.717, 1.165) is 25.9 Å². The first-order valence-corrected chi connectivity index (χ1v) is 9.98. The first-order valence-electron chi connectivity index (χ1n) is 9.98. The Kier molecular flexibility index (Phi) is 6.30. The minimum absolute atomic E-state index is 0.0578. The van der Waals surface area contributed by atoms with Gasteiger partial charge in [-0.1, -0.05) is 43.3 Å². The van der Waals surface area contributed by atoms with Crippen LogP contribution in [0.5, 0.6) is 0 Å². The van der Waals surface area contributed by atoms with Crippen LogP contribution in [0.3, 0.4) is 0 Å². The topological polar surface area (TPSA) is 86.0 Å². The van der Waals surface area contributed by atoms with Crippen LogP contribution in [0.25, 0.3) is 5.69 Å². The number of benzene rings is 2. The average molecular weight is 406 g/mol. The molecule has 3 aromatic rings. The van der Waals surface area contributed by atoms with Gasteiger partial charge in [0.15, 0.2) is 0 Å². The summed E-state index contributed by atoms with van der Waals surface area (Å²) >= 11 is 0. The van der Waals surface area contributed by atoms with Gasteiger partial charge in [0.25, 0.3) is 11.5 Å². The maximum Gasteiger partial charge on any atom is 0.352 e. The Balaban J connectivity index is 2.22. The average Bonchev–Trinajstić information content (AvgIpc) is 2.72. The number of nitrogens with one attached hydrogen (secondary N) is 1. The van der Waals surface area contributed by atoms with E-state index in [4.69, 9.17) is 0 Å². The van der Waals surface area contributed by atoms with Gasteiger partial charge >= 0.3 is 5.69 Å². The molecule has 1 atom stereocenters. The summed E-state index contributed by atoms with van der Waals surface area (Å²) in [5.74, 6) is -0.589. The molecule has 1 heterocycles. The zero-order valence-corrected chi connectivity index (χ0v) is 17.7. The Morgan fingerprint density at radius 2 is 1.83 bits per heavy atom. The van der Waals surface area contributed by atoms with Gasteiger partial charge < -0.3 is 5.32 Å². The van der Waals surface area contributed by atoms with Gasteiger partial charge in [0.2, 0.25) is 5.69 Å². The van der Waals surface area contributed by atoms with Gasteiger partial charge in [-0.25, -0.2) is 4.79 Å². The number of rotatable bonds is 6. The van der Waals surface area contributed by atoms with E-state index in [-0.39, 0.29) is 18.3 Å². The molecule has 2 aromatic carbocycles. The number of carbonyl (C=O) groups excluding carboxylic acids is 1. The predicted octanol–water partition coefficient (Wildman–Crippen LogP) is 2.59. The van der Waals surface area contributed by atoms with Crippen molar-refractivity contribution in [2.24, 2.45) is 0 Å². The largest absolute Gasteiger partial charge is 0.352 e. The van der Waals surface area contributed by atoms with Gasteiger partial charge in [-0.15, -0.1) is 0 Å². The lowest BCUT2D eigenvalue weighted by Crippen LogP contribution is -2.47. The first-order chi connectivity index (χ1) is 14.3. The third kappa shape index (κ3) is 4.40. The fourth-order valence-corrected chi connectivity index (χ4v) is 3.08. The number of aryl methyl sites for hydroxylation is 2. The summed E-state index contributed by atoms with van der Waals surface area (Å²) in [6.45, 7) is 7.65. The van der Waals surface area contributed by atoms with Crippen molar-refractivity contribution in [1.82, 2.24) is 19.7 Å². The number of hydrogen-bond acceptors (Lipinski definition) is 4. The highest BCUT2D eigenvalue weighted by atomic mass is 16.2. The van der Waals surface area contributed by atoms with E-state index in [1.165, 1.54) is 0 Å². The van der Waals surface area contributed by atoms with Crippen molar-refractivity contribution in [2.45, 2.75) is 46.7 Å². The number of amides is 1. The third-order valence-electron chi connectivity index (χ3n) is 5.10. The Morgan fingerprint density at radius 1 is 1.10 bits per heavy atom. The van der Waals surface area contributed by atoms with E-state index in [0.29, 0.717) is 12.1 Å². The van der Waals surface area contributed by atoms with Crippen LogP contribution in [0, 0.1) is 13.8 Å². The quantitative estimate of drug-likeness (QED) is 0.682. The maximum atomic E-state index is 13.2. The normalized spacial score (nSPS) is 11.9. The van der Waals surface area contributed by atoms with Gasteiger partial charge in [-0.2, -0.15) is 9.78 Å². The molecule has 30 heavy (non-hydrogen) atoms. The smallest absolute Gasteiger partial charge is 0.348 e. The Morgan fingerprint density at radius 3 is 2.50 bits per heavy atom. The number of carbonyl (C=O) groups is 1. The zero-order chi connectivity index (χ0) is 21.8. The molecule has 7 heteroatoms. The summed E-state index contributed by atoms with van der Waals surface area (Å²) in [6, 6.07) is 14.6. The van der Waals surface area contributed by atoms with E-state index in [1.54, 1.807) is 18.2 Å². The molecule has 0 radical (unpaired) electrons. The monoisotopic (exact) mass is 406 g/mol. The van der Waals surface area contributed by atoms with E-state index >= 15 is 0 Å². The summed E-state index contributed by atoms with van der Waals surface area (Å²) in [5, 5.41) is 6.92. The van der Waals surface area contributed by atoms with E-state index in [1.807, 2.05) is 58.0 Å². The molecular weight excluding hydrogens is 380 g/mol. The van der Waals surface area contributed by atoms with Crippen LogP contribution in [0.2, 0.25) is 0 Å². The van der Waals surface area contributed by atoms with Crippen molar-refractivity contribution in [1.29, 1.82) is 0 Å². The molecule has 0 saturated heterocycles. The second kappa shape index (κ2) is 8.90. The van der Waals surface area contributed by atoms with Crippen molar-refractivity contribution in [3.05, 3.63) is 91.8 Å². The van der Waals surface area contributed by atoms with Crippen molar-refractivity contribution >= 4 is 5.91 Å². The molecule has 0 aliphatic heterocycles. The lowest BCUT2D eigenvalue weighted by molar-refractivity contribution is 0.0929. The fourth-order valence-electron chi connectivity index (χ4n) is 3.08. The fraction of sp³-hybridized carbons (Fsp3) is 0.304. The van der Waals surface area contributed by atoms with Gasteiger partial charge in [0.1, 0.15) is 0 Å². The first kappa shape index (κ1) is 21.2. The molecular formula is C23H26N4O3. The van der Waals surface area contributed by atoms with Gasteiger partial charge in [0, 0.05) is 6.04 Å². The molecule has 0 bridgehead atoms. The minimum Gasteiger partial charge on any atom is -0.348 e. The Bertz CT molecular complexity index is 1190. The van der Waals surface area contributed by atoms with Gasteiger partial charge in [-0.3, -0.25) is 14.2 Å². The van der Waals surface area contributed by atoms with Crippen molar-refractivity contribution in [3.63, 3.8) is 0 Å². The van der Waals surface area contributed by atoms with Crippen LogP contribution >= 0.6 is 0 Å². The van der Waals surface area contributed by atoms with Crippen molar-refractivity contribution in [3.8, 4) is 5.69 Å². The van der Waals surface area contributed by atoms with Crippen molar-refractivity contribution < 1.29 is 4.79 Å². The lowest BCUT2D eigenvalue weighted by Gasteiger charge is -2.15. The molecule has 0 unspecified atom stereocenters. The number of hydrogen-bond donors (Lipinski definition) is 1. The van der Waals surface area contributed by atoms with E-state index < -0.39 is 17.2 Å². The Labute approximate surface area is 175 Å². The van der Waals surface area contributed by atoms with Crippen LogP contribution < -0.4 is 16.6 Å². The number of nitrogens with zero attached hydrogens (tertiary/aromatic N) is 3. The molecule has 1 N–H and O–H groups in total. The van der Waals surface area contributed by atoms with Crippen LogP contribution in [0.15, 0.2) is 58.1 Å². The second-order valence-corrected chi connectivity index (χ2v) is 7.48. The molecule has 7 nitrogen and oxygen atoms in total. The molecule has 0 aliphatic rings. The lowest BCUT2D eigenvalue weighted by atomic mass is 10.1. The standard InChI is InChI=1S/C23H26N4O3/c1-5-17(4)24-21(28)20-22(29)26(14-18-11-7-6-10-16(18)3)23(30)27(25-20)19-12-8-9-15(2)13-19/h6-13,17H,5,14H2,1-4H3,(H,24,28)/t17-/m1/s1. The predicted molar refractivity (Wildman–Crippen MR) is 116 cm³/mol. The van der Waals surface area contributed by atoms with Crippen LogP contribution in [0.4, 0.5) is 0 Å². The molecule has 3 rings (SSSR count). The van der Waals surface area contributed by atoms with Crippen LogP contribution in [-0.2, 0) is 6.54 Å². The van der Waals surface area contributed by atoms with Gasteiger partial charge in [-0.05, 0) is 56.0 Å². The molecule has 0 spiro atoms. The maximum absolute atomic E-state index is 13.2. The molecule has 156 valence electrons. The molecule has 0 fully saturated rings. The van der Waals surface area contributed by atoms with E-state index in [9.17, 15) is 14.4 Å². The molecule has 0 saturated carbocycles. The molecule has 1 amide bonds. The minimum atomic E-state index is -0.701. The number of aromatic nitrogens is 3. The highest BCUT2D eigenvalue weighted by Crippen LogP contribution is 2.09. The van der Waals surface area contributed by atoms with Crippen LogP contribution in [0.1, 0.15) is 47.4 Å².